The number of carbonyl (C=O) groups excluding carboxylic acids is 1. The lowest BCUT2D eigenvalue weighted by atomic mass is 9.81. The van der Waals surface area contributed by atoms with Crippen molar-refractivity contribution in [3.63, 3.8) is 0 Å². The van der Waals surface area contributed by atoms with Gasteiger partial charge >= 0.3 is 0 Å². The zero-order valence-corrected chi connectivity index (χ0v) is 15.5. The van der Waals surface area contributed by atoms with Gasteiger partial charge in [0.05, 0.1) is 11.1 Å². The van der Waals surface area contributed by atoms with Crippen LogP contribution in [0.25, 0.3) is 0 Å². The van der Waals surface area contributed by atoms with Crippen LogP contribution in [-0.4, -0.2) is 23.9 Å². The van der Waals surface area contributed by atoms with E-state index in [1.807, 2.05) is 65.6 Å². The Morgan fingerprint density at radius 3 is 2.39 bits per heavy atom. The van der Waals surface area contributed by atoms with Gasteiger partial charge in [0.15, 0.2) is 0 Å². The van der Waals surface area contributed by atoms with Gasteiger partial charge in [0.1, 0.15) is 5.82 Å². The third-order valence-corrected chi connectivity index (χ3v) is 5.96. The Balaban J connectivity index is 1.48. The van der Waals surface area contributed by atoms with Crippen LogP contribution in [0.15, 0.2) is 78.9 Å². The molecule has 0 aliphatic carbocycles. The molecule has 1 amide bonds. The van der Waals surface area contributed by atoms with Crippen molar-refractivity contribution in [2.24, 2.45) is 0 Å². The first kappa shape index (κ1) is 17.1. The number of para-hydroxylation sites is 2. The van der Waals surface area contributed by atoms with E-state index in [0.717, 1.165) is 42.0 Å². The lowest BCUT2D eigenvalue weighted by molar-refractivity contribution is -0.122. The molecule has 4 heteroatoms. The molecule has 140 valence electrons. The van der Waals surface area contributed by atoms with Gasteiger partial charge in [0.25, 0.3) is 0 Å². The van der Waals surface area contributed by atoms with Gasteiger partial charge in [-0.3, -0.25) is 14.6 Å². The predicted octanol–water partition coefficient (Wildman–Crippen LogP) is 4.65. The number of nitrogens with zero attached hydrogens (tertiary/aromatic N) is 2. The summed E-state index contributed by atoms with van der Waals surface area (Å²) in [7, 11) is 0. The average Bonchev–Trinajstić information content (AvgIpc) is 3.25. The second-order valence-corrected chi connectivity index (χ2v) is 7.66. The van der Waals surface area contributed by atoms with Crippen molar-refractivity contribution in [1.82, 2.24) is 4.90 Å². The summed E-state index contributed by atoms with van der Waals surface area (Å²) in [5.74, 6) is -0.0680. The molecule has 2 heterocycles. The molecule has 0 bridgehead atoms. The number of hydrogen-bond donors (Lipinski definition) is 0. The van der Waals surface area contributed by atoms with Crippen LogP contribution in [0.1, 0.15) is 17.5 Å². The van der Waals surface area contributed by atoms with Gasteiger partial charge in [-0.05, 0) is 54.4 Å². The molecular formula is C24H21FN2O. The van der Waals surface area contributed by atoms with Gasteiger partial charge in [-0.2, -0.15) is 0 Å². The third kappa shape index (κ3) is 2.64. The van der Waals surface area contributed by atoms with Crippen LogP contribution in [-0.2, 0) is 16.8 Å². The minimum absolute atomic E-state index is 0.154. The van der Waals surface area contributed by atoms with Crippen LogP contribution in [0.3, 0.4) is 0 Å². The standard InChI is InChI=1S/C24H21FN2O/c25-19-12-10-18(11-13-19)16-26-15-14-24(17-26)21-8-4-5-9-22(21)27(23(24)28)20-6-2-1-3-7-20/h1-13H,14-17H2. The minimum Gasteiger partial charge on any atom is -0.298 e. The zero-order chi connectivity index (χ0) is 19.1. The highest BCUT2D eigenvalue weighted by atomic mass is 19.1. The summed E-state index contributed by atoms with van der Waals surface area (Å²) >= 11 is 0. The molecule has 3 nitrogen and oxygen atoms in total. The summed E-state index contributed by atoms with van der Waals surface area (Å²) in [5.41, 5.74) is 3.57. The number of halogens is 1. The number of benzene rings is 3. The number of carbonyl (C=O) groups is 1. The maximum atomic E-state index is 13.7. The summed E-state index contributed by atoms with van der Waals surface area (Å²) in [4.78, 5) is 17.9. The van der Waals surface area contributed by atoms with Crippen LogP contribution in [0.4, 0.5) is 15.8 Å². The van der Waals surface area contributed by atoms with Gasteiger partial charge in [0, 0.05) is 18.8 Å². The summed E-state index contributed by atoms with van der Waals surface area (Å²) in [6.07, 6.45) is 0.799. The van der Waals surface area contributed by atoms with E-state index in [4.69, 9.17) is 0 Å². The second-order valence-electron chi connectivity index (χ2n) is 7.66. The molecule has 1 fully saturated rings. The molecular weight excluding hydrogens is 351 g/mol. The lowest BCUT2D eigenvalue weighted by Crippen LogP contribution is -2.40. The number of amides is 1. The molecule has 1 atom stereocenters. The summed E-state index contributed by atoms with van der Waals surface area (Å²) in [5, 5.41) is 0. The van der Waals surface area contributed by atoms with Gasteiger partial charge < -0.3 is 0 Å². The topological polar surface area (TPSA) is 23.6 Å². The Kier molecular flexibility index (Phi) is 4.02. The molecule has 5 rings (SSSR count). The molecule has 3 aromatic rings. The van der Waals surface area contributed by atoms with Gasteiger partial charge in [-0.25, -0.2) is 4.39 Å². The lowest BCUT2D eigenvalue weighted by Gasteiger charge is -2.25. The molecule has 1 saturated heterocycles. The van der Waals surface area contributed by atoms with Crippen molar-refractivity contribution >= 4 is 17.3 Å². The maximum absolute atomic E-state index is 13.7. The molecule has 1 unspecified atom stereocenters. The monoisotopic (exact) mass is 372 g/mol. The van der Waals surface area contributed by atoms with Crippen LogP contribution >= 0.6 is 0 Å². The van der Waals surface area contributed by atoms with E-state index in [2.05, 4.69) is 11.0 Å². The largest absolute Gasteiger partial charge is 0.298 e. The van der Waals surface area contributed by atoms with Crippen LogP contribution in [0.5, 0.6) is 0 Å². The molecule has 0 radical (unpaired) electrons. The Bertz CT molecular complexity index is 1020. The molecule has 0 N–H and O–H groups in total. The zero-order valence-electron chi connectivity index (χ0n) is 15.5. The first-order valence-electron chi connectivity index (χ1n) is 9.63. The number of rotatable bonds is 3. The summed E-state index contributed by atoms with van der Waals surface area (Å²) < 4.78 is 13.2. The maximum Gasteiger partial charge on any atom is 0.243 e. The summed E-state index contributed by atoms with van der Waals surface area (Å²) in [6.45, 7) is 2.26. The quantitative estimate of drug-likeness (QED) is 0.668. The van der Waals surface area contributed by atoms with Crippen molar-refractivity contribution in [2.75, 3.05) is 18.0 Å². The van der Waals surface area contributed by atoms with Gasteiger partial charge in [0.2, 0.25) is 5.91 Å². The normalized spacial score (nSPS) is 21.5. The Labute approximate surface area is 164 Å². The fourth-order valence-electron chi connectivity index (χ4n) is 4.61. The van der Waals surface area contributed by atoms with Crippen molar-refractivity contribution in [3.8, 4) is 0 Å². The molecule has 1 spiro atoms. The number of fused-ring (bicyclic) bond motifs is 2. The van der Waals surface area contributed by atoms with E-state index in [9.17, 15) is 9.18 Å². The first-order chi connectivity index (χ1) is 13.7. The molecule has 3 aromatic carbocycles. The van der Waals surface area contributed by atoms with E-state index in [1.54, 1.807) is 0 Å². The number of anilines is 2. The predicted molar refractivity (Wildman–Crippen MR) is 108 cm³/mol. The van der Waals surface area contributed by atoms with Crippen molar-refractivity contribution in [3.05, 3.63) is 95.8 Å². The highest BCUT2D eigenvalue weighted by Gasteiger charge is 2.54. The van der Waals surface area contributed by atoms with Crippen LogP contribution < -0.4 is 4.90 Å². The van der Waals surface area contributed by atoms with E-state index >= 15 is 0 Å². The van der Waals surface area contributed by atoms with Crippen molar-refractivity contribution in [2.45, 2.75) is 18.4 Å². The number of likely N-dealkylation sites (tertiary alicyclic amines) is 1. The minimum atomic E-state index is -0.507. The number of hydrogen-bond acceptors (Lipinski definition) is 2. The van der Waals surface area contributed by atoms with E-state index in [1.165, 1.54) is 12.1 Å². The van der Waals surface area contributed by atoms with Gasteiger partial charge in [-0.15, -0.1) is 0 Å². The fourth-order valence-corrected chi connectivity index (χ4v) is 4.61. The van der Waals surface area contributed by atoms with Crippen LogP contribution in [0.2, 0.25) is 0 Å². The molecule has 2 aliphatic heterocycles. The van der Waals surface area contributed by atoms with E-state index in [-0.39, 0.29) is 11.7 Å². The third-order valence-electron chi connectivity index (χ3n) is 5.96. The molecule has 0 aromatic heterocycles. The van der Waals surface area contributed by atoms with Crippen molar-refractivity contribution < 1.29 is 9.18 Å². The smallest absolute Gasteiger partial charge is 0.243 e. The highest BCUT2D eigenvalue weighted by Crippen LogP contribution is 2.50. The molecule has 0 saturated carbocycles. The average molecular weight is 372 g/mol. The summed E-state index contributed by atoms with van der Waals surface area (Å²) in [6, 6.07) is 24.6. The van der Waals surface area contributed by atoms with E-state index in [0.29, 0.717) is 6.54 Å². The molecule has 2 aliphatic rings. The van der Waals surface area contributed by atoms with Crippen molar-refractivity contribution in [1.29, 1.82) is 0 Å². The van der Waals surface area contributed by atoms with Gasteiger partial charge in [-0.1, -0.05) is 48.5 Å². The fraction of sp³-hybridized carbons (Fsp3) is 0.208. The first-order valence-corrected chi connectivity index (χ1v) is 9.63. The SMILES string of the molecule is O=C1N(c2ccccc2)c2ccccc2C12CCN(Cc1ccc(F)cc1)C2. The van der Waals surface area contributed by atoms with Crippen LogP contribution in [0, 0.1) is 5.82 Å². The highest BCUT2D eigenvalue weighted by molar-refractivity contribution is 6.13. The Morgan fingerprint density at radius 1 is 0.893 bits per heavy atom. The Morgan fingerprint density at radius 2 is 1.61 bits per heavy atom. The molecule has 28 heavy (non-hydrogen) atoms. The second kappa shape index (κ2) is 6.57. The Hall–Kier alpha value is -2.98. The van der Waals surface area contributed by atoms with E-state index < -0.39 is 5.41 Å².